The van der Waals surface area contributed by atoms with Crippen LogP contribution in [0.2, 0.25) is 0 Å². The number of carbonyl (C=O) groups is 1. The number of pyridine rings is 1. The van der Waals surface area contributed by atoms with Gasteiger partial charge in [0.05, 0.1) is 5.56 Å². The van der Waals surface area contributed by atoms with Crippen LogP contribution in [0.1, 0.15) is 48.3 Å². The lowest BCUT2D eigenvalue weighted by atomic mass is 10.0. The van der Waals surface area contributed by atoms with Crippen molar-refractivity contribution in [1.82, 2.24) is 14.8 Å². The minimum Gasteiger partial charge on any atom is -0.367 e. The number of nitrogens with one attached hydrogen (secondary N) is 1. The molecule has 24 heavy (non-hydrogen) atoms. The second-order valence-electron chi connectivity index (χ2n) is 7.73. The van der Waals surface area contributed by atoms with Crippen LogP contribution in [0.25, 0.3) is 0 Å². The molecule has 5 nitrogen and oxygen atoms in total. The van der Waals surface area contributed by atoms with Crippen molar-refractivity contribution in [1.29, 1.82) is 0 Å². The monoisotopic (exact) mass is 330 g/mol. The van der Waals surface area contributed by atoms with Crippen molar-refractivity contribution in [3.05, 3.63) is 22.9 Å². The Morgan fingerprint density at radius 3 is 2.67 bits per heavy atom. The zero-order valence-electron chi connectivity index (χ0n) is 15.4. The predicted octanol–water partition coefficient (Wildman–Crippen LogP) is 2.41. The number of carbonyl (C=O) groups excluding carboxylic acids is 1. The maximum atomic E-state index is 12.6. The van der Waals surface area contributed by atoms with E-state index in [2.05, 4.69) is 30.1 Å². The van der Waals surface area contributed by atoms with Gasteiger partial charge < -0.3 is 15.1 Å². The van der Waals surface area contributed by atoms with Gasteiger partial charge in [0, 0.05) is 51.9 Å². The van der Waals surface area contributed by atoms with Crippen molar-refractivity contribution in [3.63, 3.8) is 0 Å². The van der Waals surface area contributed by atoms with Crippen molar-refractivity contribution in [2.45, 2.75) is 45.6 Å². The SMILES string of the molecule is CC(C)Nc1nc2c(cc1C(=O)N(C)C)CCN(CC1CC1)CC2. The van der Waals surface area contributed by atoms with E-state index in [1.54, 1.807) is 19.0 Å². The van der Waals surface area contributed by atoms with E-state index in [1.165, 1.54) is 24.9 Å². The molecule has 1 saturated carbocycles. The second-order valence-corrected chi connectivity index (χ2v) is 7.73. The Hall–Kier alpha value is -1.62. The highest BCUT2D eigenvalue weighted by atomic mass is 16.2. The Labute approximate surface area is 145 Å². The molecule has 1 N–H and O–H groups in total. The Bertz CT molecular complexity index is 608. The fraction of sp³-hybridized carbons (Fsp3) is 0.684. The molecule has 0 atom stereocenters. The molecule has 2 heterocycles. The van der Waals surface area contributed by atoms with Gasteiger partial charge in [-0.15, -0.1) is 0 Å². The smallest absolute Gasteiger partial charge is 0.257 e. The highest BCUT2D eigenvalue weighted by molar-refractivity contribution is 5.98. The molecule has 0 unspecified atom stereocenters. The molecule has 0 saturated heterocycles. The average Bonchev–Trinajstić information content (AvgIpc) is 3.34. The van der Waals surface area contributed by atoms with Crippen molar-refractivity contribution >= 4 is 11.7 Å². The number of hydrogen-bond acceptors (Lipinski definition) is 4. The summed E-state index contributed by atoms with van der Waals surface area (Å²) in [7, 11) is 3.59. The van der Waals surface area contributed by atoms with Gasteiger partial charge in [-0.3, -0.25) is 4.79 Å². The third kappa shape index (κ3) is 4.07. The molecule has 1 amide bonds. The number of amides is 1. The van der Waals surface area contributed by atoms with Gasteiger partial charge in [-0.05, 0) is 50.7 Å². The van der Waals surface area contributed by atoms with Crippen molar-refractivity contribution in [2.75, 3.05) is 39.0 Å². The summed E-state index contributed by atoms with van der Waals surface area (Å²) in [6, 6.07) is 2.33. The van der Waals surface area contributed by atoms with Gasteiger partial charge >= 0.3 is 0 Å². The molecule has 132 valence electrons. The molecule has 0 bridgehead atoms. The first-order valence-corrected chi connectivity index (χ1v) is 9.17. The third-order valence-corrected chi connectivity index (χ3v) is 4.83. The summed E-state index contributed by atoms with van der Waals surface area (Å²) in [4.78, 5) is 21.6. The lowest BCUT2D eigenvalue weighted by molar-refractivity contribution is 0.0828. The zero-order chi connectivity index (χ0) is 17.3. The molecule has 3 rings (SSSR count). The summed E-state index contributed by atoms with van der Waals surface area (Å²) in [5.41, 5.74) is 3.10. The van der Waals surface area contributed by atoms with E-state index in [1.807, 2.05) is 0 Å². The molecule has 5 heteroatoms. The van der Waals surface area contributed by atoms with E-state index in [9.17, 15) is 4.79 Å². The molecule has 1 fully saturated rings. The summed E-state index contributed by atoms with van der Waals surface area (Å²) < 4.78 is 0. The van der Waals surface area contributed by atoms with Crippen LogP contribution in [0.15, 0.2) is 6.07 Å². The van der Waals surface area contributed by atoms with E-state index < -0.39 is 0 Å². The Balaban J connectivity index is 1.86. The average molecular weight is 330 g/mol. The minimum absolute atomic E-state index is 0.0209. The van der Waals surface area contributed by atoms with E-state index in [0.29, 0.717) is 5.56 Å². The molecule has 0 aromatic carbocycles. The fourth-order valence-electron chi connectivity index (χ4n) is 3.32. The van der Waals surface area contributed by atoms with E-state index in [4.69, 9.17) is 4.98 Å². The van der Waals surface area contributed by atoms with E-state index in [-0.39, 0.29) is 11.9 Å². The first-order chi connectivity index (χ1) is 11.4. The molecule has 0 radical (unpaired) electrons. The molecular weight excluding hydrogens is 300 g/mol. The Morgan fingerprint density at radius 2 is 2.04 bits per heavy atom. The van der Waals surface area contributed by atoms with Gasteiger partial charge in [0.1, 0.15) is 5.82 Å². The highest BCUT2D eigenvalue weighted by Gasteiger charge is 2.26. The van der Waals surface area contributed by atoms with Gasteiger partial charge in [-0.2, -0.15) is 0 Å². The van der Waals surface area contributed by atoms with Crippen LogP contribution in [0.4, 0.5) is 5.82 Å². The van der Waals surface area contributed by atoms with Crippen LogP contribution in [-0.2, 0) is 12.8 Å². The molecule has 1 aliphatic carbocycles. The zero-order valence-corrected chi connectivity index (χ0v) is 15.4. The molecule has 1 aliphatic heterocycles. The summed E-state index contributed by atoms with van der Waals surface area (Å²) in [6.45, 7) is 7.55. The maximum absolute atomic E-state index is 12.6. The van der Waals surface area contributed by atoms with Crippen LogP contribution in [-0.4, -0.2) is 60.5 Å². The van der Waals surface area contributed by atoms with Crippen molar-refractivity contribution < 1.29 is 4.79 Å². The standard InChI is InChI=1S/C19H30N4O/c1-13(2)20-18-16(19(24)22(3)4)11-15-7-9-23(12-14-5-6-14)10-8-17(15)21-18/h11,13-14H,5-10,12H2,1-4H3,(H,20,21). The summed E-state index contributed by atoms with van der Waals surface area (Å²) >= 11 is 0. The quantitative estimate of drug-likeness (QED) is 0.901. The largest absolute Gasteiger partial charge is 0.367 e. The molecular formula is C19H30N4O. The predicted molar refractivity (Wildman–Crippen MR) is 97.6 cm³/mol. The van der Waals surface area contributed by atoms with Crippen LogP contribution >= 0.6 is 0 Å². The van der Waals surface area contributed by atoms with Crippen LogP contribution < -0.4 is 5.32 Å². The van der Waals surface area contributed by atoms with Gasteiger partial charge in [0.2, 0.25) is 0 Å². The molecule has 1 aromatic heterocycles. The topological polar surface area (TPSA) is 48.5 Å². The number of aromatic nitrogens is 1. The third-order valence-electron chi connectivity index (χ3n) is 4.83. The molecule has 0 spiro atoms. The van der Waals surface area contributed by atoms with Gasteiger partial charge in [0.25, 0.3) is 5.91 Å². The lowest BCUT2D eigenvalue weighted by Crippen LogP contribution is -2.28. The summed E-state index contributed by atoms with van der Waals surface area (Å²) in [5.74, 6) is 1.67. The van der Waals surface area contributed by atoms with E-state index >= 15 is 0 Å². The highest BCUT2D eigenvalue weighted by Crippen LogP contribution is 2.30. The Morgan fingerprint density at radius 1 is 1.33 bits per heavy atom. The summed E-state index contributed by atoms with van der Waals surface area (Å²) in [6.07, 6.45) is 4.76. The second kappa shape index (κ2) is 7.09. The molecule has 1 aromatic rings. The summed E-state index contributed by atoms with van der Waals surface area (Å²) in [5, 5.41) is 3.36. The maximum Gasteiger partial charge on any atom is 0.257 e. The van der Waals surface area contributed by atoms with Crippen molar-refractivity contribution in [2.24, 2.45) is 5.92 Å². The first-order valence-electron chi connectivity index (χ1n) is 9.17. The number of anilines is 1. The number of hydrogen-bond donors (Lipinski definition) is 1. The Kier molecular flexibility index (Phi) is 5.09. The first kappa shape index (κ1) is 17.2. The number of rotatable bonds is 5. The van der Waals surface area contributed by atoms with Crippen LogP contribution in [0, 0.1) is 5.92 Å². The van der Waals surface area contributed by atoms with Gasteiger partial charge in [-0.25, -0.2) is 4.98 Å². The van der Waals surface area contributed by atoms with E-state index in [0.717, 1.165) is 43.4 Å². The number of nitrogens with zero attached hydrogens (tertiary/aromatic N) is 3. The van der Waals surface area contributed by atoms with Gasteiger partial charge in [-0.1, -0.05) is 0 Å². The normalized spacial score (nSPS) is 18.2. The van der Waals surface area contributed by atoms with Crippen LogP contribution in [0.3, 0.4) is 0 Å². The van der Waals surface area contributed by atoms with Crippen LogP contribution in [0.5, 0.6) is 0 Å². The van der Waals surface area contributed by atoms with Crippen molar-refractivity contribution in [3.8, 4) is 0 Å². The minimum atomic E-state index is 0.0209. The van der Waals surface area contributed by atoms with Gasteiger partial charge in [0.15, 0.2) is 0 Å². The molecule has 2 aliphatic rings. The fourth-order valence-corrected chi connectivity index (χ4v) is 3.32. The number of fused-ring (bicyclic) bond motifs is 1. The lowest BCUT2D eigenvalue weighted by Gasteiger charge is -2.19.